The number of anilines is 1. The fourth-order valence-corrected chi connectivity index (χ4v) is 3.94. The fourth-order valence-electron chi connectivity index (χ4n) is 3.66. The van der Waals surface area contributed by atoms with E-state index in [0.717, 1.165) is 0 Å². The minimum absolute atomic E-state index is 0.0112. The van der Waals surface area contributed by atoms with Gasteiger partial charge in [-0.3, -0.25) is 20.2 Å². The lowest BCUT2D eigenvalue weighted by Crippen LogP contribution is -2.52. The third-order valence-corrected chi connectivity index (χ3v) is 5.64. The summed E-state index contributed by atoms with van der Waals surface area (Å²) in [6, 6.07) is 11.2. The Labute approximate surface area is 208 Å². The summed E-state index contributed by atoms with van der Waals surface area (Å²) in [7, 11) is 0. The van der Waals surface area contributed by atoms with Crippen molar-refractivity contribution < 1.29 is 24.0 Å². The van der Waals surface area contributed by atoms with Gasteiger partial charge in [-0.25, -0.2) is 4.79 Å². The Kier molecular flexibility index (Phi) is 8.58. The highest BCUT2D eigenvalue weighted by atomic mass is 32.1. The molecule has 1 amide bonds. The van der Waals surface area contributed by atoms with Crippen molar-refractivity contribution in [2.75, 3.05) is 37.7 Å². The zero-order valence-corrected chi connectivity index (χ0v) is 20.7. The van der Waals surface area contributed by atoms with E-state index in [9.17, 15) is 19.7 Å². The Balaban J connectivity index is 1.62. The van der Waals surface area contributed by atoms with E-state index in [-0.39, 0.29) is 35.0 Å². The number of nitrogens with zero attached hydrogens (tertiary/aromatic N) is 3. The smallest absolute Gasteiger partial charge is 0.338 e. The summed E-state index contributed by atoms with van der Waals surface area (Å²) in [5.74, 6) is -0.339. The maximum atomic E-state index is 12.7. The molecule has 1 aliphatic heterocycles. The fraction of sp³-hybridized carbons (Fsp3) is 0.375. The second kappa shape index (κ2) is 11.6. The zero-order chi connectivity index (χ0) is 25.5. The molecule has 0 saturated carbocycles. The van der Waals surface area contributed by atoms with Gasteiger partial charge in [0, 0.05) is 37.8 Å². The van der Waals surface area contributed by atoms with Crippen molar-refractivity contribution in [3.63, 3.8) is 0 Å². The molecular formula is C24H28N4O6S. The number of esters is 1. The summed E-state index contributed by atoms with van der Waals surface area (Å²) >= 11 is 5.43. The molecule has 1 fully saturated rings. The molecule has 0 aromatic heterocycles. The number of piperazine rings is 1. The molecule has 10 nitrogen and oxygen atoms in total. The lowest BCUT2D eigenvalue weighted by molar-refractivity contribution is -0.384. The number of amides is 1. The minimum atomic E-state index is -0.602. The number of rotatable bonds is 7. The summed E-state index contributed by atoms with van der Waals surface area (Å²) in [6.45, 7) is 7.50. The SMILES string of the molecule is CCOC(=O)c1ccc(N2CCN(C(=S)NC(=O)c3cccc(OC(C)C)c3)CC2)c([N+](=O)[O-])c1. The number of hydrogen-bond acceptors (Lipinski definition) is 8. The minimum Gasteiger partial charge on any atom is -0.491 e. The standard InChI is InChI=1S/C24H28N4O6S/c1-4-33-23(30)18-8-9-20(21(15-18)28(31)32)26-10-12-27(13-11-26)24(35)25-22(29)17-6-5-7-19(14-17)34-16(2)3/h5-9,14-16H,4,10-13H2,1-3H3,(H,25,29,35). The summed E-state index contributed by atoms with van der Waals surface area (Å²) in [6.07, 6.45) is -0.0112. The van der Waals surface area contributed by atoms with Crippen LogP contribution in [0.4, 0.5) is 11.4 Å². The monoisotopic (exact) mass is 500 g/mol. The van der Waals surface area contributed by atoms with Crippen LogP contribution in [0.3, 0.4) is 0 Å². The van der Waals surface area contributed by atoms with Crippen LogP contribution >= 0.6 is 12.2 Å². The van der Waals surface area contributed by atoms with E-state index in [1.54, 1.807) is 37.3 Å². The van der Waals surface area contributed by atoms with Crippen LogP contribution in [0.1, 0.15) is 41.5 Å². The number of nitrogens with one attached hydrogen (secondary N) is 1. The van der Waals surface area contributed by atoms with E-state index in [1.807, 2.05) is 23.6 Å². The average molecular weight is 501 g/mol. The van der Waals surface area contributed by atoms with Gasteiger partial charge in [-0.2, -0.15) is 0 Å². The van der Waals surface area contributed by atoms with Crippen LogP contribution in [0.5, 0.6) is 5.75 Å². The Bertz CT molecular complexity index is 1110. The number of carbonyl (C=O) groups excluding carboxylic acids is 2. The van der Waals surface area contributed by atoms with Crippen LogP contribution in [0, 0.1) is 10.1 Å². The van der Waals surface area contributed by atoms with Crippen molar-refractivity contribution >= 4 is 40.6 Å². The first-order valence-corrected chi connectivity index (χ1v) is 11.7. The van der Waals surface area contributed by atoms with Gasteiger partial charge in [-0.15, -0.1) is 0 Å². The highest BCUT2D eigenvalue weighted by molar-refractivity contribution is 7.80. The summed E-state index contributed by atoms with van der Waals surface area (Å²) in [5, 5.41) is 14.7. The van der Waals surface area contributed by atoms with Crippen LogP contribution in [-0.4, -0.2) is 65.7 Å². The van der Waals surface area contributed by atoms with Gasteiger partial charge >= 0.3 is 5.97 Å². The normalized spacial score (nSPS) is 13.4. The Morgan fingerprint density at radius 1 is 1.11 bits per heavy atom. The maximum Gasteiger partial charge on any atom is 0.338 e. The number of thiocarbonyl (C=S) groups is 1. The molecule has 186 valence electrons. The van der Waals surface area contributed by atoms with E-state index >= 15 is 0 Å². The zero-order valence-electron chi connectivity index (χ0n) is 19.9. The first-order valence-electron chi connectivity index (χ1n) is 11.3. The van der Waals surface area contributed by atoms with Crippen molar-refractivity contribution in [1.29, 1.82) is 0 Å². The van der Waals surface area contributed by atoms with Crippen molar-refractivity contribution in [1.82, 2.24) is 10.2 Å². The lowest BCUT2D eigenvalue weighted by atomic mass is 10.1. The molecule has 35 heavy (non-hydrogen) atoms. The molecule has 0 unspecified atom stereocenters. The Morgan fingerprint density at radius 2 is 1.83 bits per heavy atom. The number of hydrogen-bond donors (Lipinski definition) is 1. The van der Waals surface area contributed by atoms with E-state index in [1.165, 1.54) is 12.1 Å². The highest BCUT2D eigenvalue weighted by Gasteiger charge is 2.26. The van der Waals surface area contributed by atoms with E-state index in [0.29, 0.717) is 43.2 Å². The summed E-state index contributed by atoms with van der Waals surface area (Å²) in [5.41, 5.74) is 0.817. The first kappa shape index (κ1) is 25.9. The molecule has 2 aromatic carbocycles. The van der Waals surface area contributed by atoms with Crippen LogP contribution in [0.25, 0.3) is 0 Å². The molecule has 0 atom stereocenters. The van der Waals surface area contributed by atoms with Crippen molar-refractivity contribution in [2.45, 2.75) is 26.9 Å². The number of nitro groups is 1. The topological polar surface area (TPSA) is 114 Å². The van der Waals surface area contributed by atoms with Crippen molar-refractivity contribution in [2.24, 2.45) is 0 Å². The number of carbonyl (C=O) groups is 2. The number of nitro benzene ring substituents is 1. The predicted molar refractivity (Wildman–Crippen MR) is 135 cm³/mol. The summed E-state index contributed by atoms with van der Waals surface area (Å²) < 4.78 is 10.6. The van der Waals surface area contributed by atoms with Crippen LogP contribution < -0.4 is 15.0 Å². The van der Waals surface area contributed by atoms with Crippen molar-refractivity contribution in [3.05, 3.63) is 63.7 Å². The first-order chi connectivity index (χ1) is 16.7. The molecule has 0 radical (unpaired) electrons. The quantitative estimate of drug-likeness (QED) is 0.264. The third kappa shape index (κ3) is 6.66. The number of ether oxygens (including phenoxy) is 2. The Morgan fingerprint density at radius 3 is 2.46 bits per heavy atom. The van der Waals surface area contributed by atoms with Crippen molar-refractivity contribution in [3.8, 4) is 5.75 Å². The molecule has 1 heterocycles. The molecule has 3 rings (SSSR count). The van der Waals surface area contributed by atoms with Gasteiger partial charge in [0.25, 0.3) is 11.6 Å². The molecule has 0 bridgehead atoms. The predicted octanol–water partition coefficient (Wildman–Crippen LogP) is 3.40. The molecule has 2 aromatic rings. The van der Waals surface area contributed by atoms with Crippen LogP contribution in [0.2, 0.25) is 0 Å². The molecule has 1 N–H and O–H groups in total. The molecule has 1 saturated heterocycles. The van der Waals surface area contributed by atoms with E-state index in [4.69, 9.17) is 21.7 Å². The van der Waals surface area contributed by atoms with Gasteiger partial charge in [-0.05, 0) is 63.3 Å². The lowest BCUT2D eigenvalue weighted by Gasteiger charge is -2.37. The largest absolute Gasteiger partial charge is 0.491 e. The van der Waals surface area contributed by atoms with Gasteiger partial charge in [0.1, 0.15) is 11.4 Å². The van der Waals surface area contributed by atoms with Crippen LogP contribution in [0.15, 0.2) is 42.5 Å². The van der Waals surface area contributed by atoms with Gasteiger partial charge in [0.15, 0.2) is 5.11 Å². The second-order valence-electron chi connectivity index (χ2n) is 8.11. The average Bonchev–Trinajstić information content (AvgIpc) is 2.83. The summed E-state index contributed by atoms with van der Waals surface area (Å²) in [4.78, 5) is 39.5. The number of benzene rings is 2. The third-order valence-electron chi connectivity index (χ3n) is 5.28. The second-order valence-corrected chi connectivity index (χ2v) is 8.50. The maximum absolute atomic E-state index is 12.7. The van der Waals surface area contributed by atoms with Gasteiger partial charge in [-0.1, -0.05) is 6.07 Å². The molecule has 1 aliphatic rings. The molecule has 0 aliphatic carbocycles. The molecule has 0 spiro atoms. The van der Waals surface area contributed by atoms with Gasteiger partial charge in [0.05, 0.1) is 23.2 Å². The highest BCUT2D eigenvalue weighted by Crippen LogP contribution is 2.30. The van der Waals surface area contributed by atoms with E-state index < -0.39 is 10.9 Å². The van der Waals surface area contributed by atoms with Gasteiger partial charge in [0.2, 0.25) is 0 Å². The van der Waals surface area contributed by atoms with Gasteiger partial charge < -0.3 is 19.3 Å². The Hall–Kier alpha value is -3.73. The van der Waals surface area contributed by atoms with E-state index in [2.05, 4.69) is 5.32 Å². The molecular weight excluding hydrogens is 472 g/mol. The molecule has 11 heteroatoms. The van der Waals surface area contributed by atoms with Crippen LogP contribution in [-0.2, 0) is 4.74 Å².